The quantitative estimate of drug-likeness (QED) is 0.810. The van der Waals surface area contributed by atoms with E-state index in [0.29, 0.717) is 5.92 Å². The molecule has 3 heteroatoms. The number of rotatable bonds is 6. The van der Waals surface area contributed by atoms with Gasteiger partial charge in [-0.3, -0.25) is 0 Å². The summed E-state index contributed by atoms with van der Waals surface area (Å²) in [5.74, 6) is 0.177. The molecule has 0 amide bonds. The van der Waals surface area contributed by atoms with E-state index in [4.69, 9.17) is 4.74 Å². The largest absolute Gasteiger partial charge is 0.396 e. The second kappa shape index (κ2) is 9.01. The maximum Gasteiger partial charge on any atom is 0.0852 e. The Morgan fingerprint density at radius 1 is 1.00 bits per heavy atom. The predicted molar refractivity (Wildman–Crippen MR) is 109 cm³/mol. The Kier molecular flexibility index (Phi) is 6.69. The predicted octanol–water partition coefficient (Wildman–Crippen LogP) is 4.01. The van der Waals surface area contributed by atoms with Gasteiger partial charge in [-0.15, -0.1) is 0 Å². The van der Waals surface area contributed by atoms with E-state index in [0.717, 1.165) is 25.7 Å². The Morgan fingerprint density at radius 3 is 2.30 bits per heavy atom. The molecule has 1 aliphatic rings. The fourth-order valence-corrected chi connectivity index (χ4v) is 4.36. The van der Waals surface area contributed by atoms with Crippen LogP contribution in [-0.2, 0) is 17.6 Å². The summed E-state index contributed by atoms with van der Waals surface area (Å²) in [6.07, 6.45) is 2.78. The maximum absolute atomic E-state index is 10.4. The first-order chi connectivity index (χ1) is 13.0. The summed E-state index contributed by atoms with van der Waals surface area (Å²) in [7, 11) is 1.65. The van der Waals surface area contributed by atoms with Crippen LogP contribution in [0.25, 0.3) is 0 Å². The molecule has 0 unspecified atom stereocenters. The second-order valence-electron chi connectivity index (χ2n) is 7.91. The number of aliphatic hydroxyl groups excluding tert-OH is 2. The van der Waals surface area contributed by atoms with E-state index < -0.39 is 6.10 Å². The van der Waals surface area contributed by atoms with Crippen LogP contribution in [0.4, 0.5) is 0 Å². The van der Waals surface area contributed by atoms with Crippen LogP contribution in [0.1, 0.15) is 53.5 Å². The zero-order valence-corrected chi connectivity index (χ0v) is 16.7. The maximum atomic E-state index is 10.4. The molecule has 2 aromatic carbocycles. The van der Waals surface area contributed by atoms with Crippen molar-refractivity contribution in [3.8, 4) is 0 Å². The van der Waals surface area contributed by atoms with Crippen molar-refractivity contribution in [1.29, 1.82) is 0 Å². The molecule has 3 nitrogen and oxygen atoms in total. The molecule has 0 bridgehead atoms. The lowest BCUT2D eigenvalue weighted by Crippen LogP contribution is -2.43. The van der Waals surface area contributed by atoms with Gasteiger partial charge in [0.2, 0.25) is 0 Å². The zero-order valence-electron chi connectivity index (χ0n) is 16.7. The normalized spacial score (nSPS) is 25.5. The van der Waals surface area contributed by atoms with Crippen molar-refractivity contribution in [3.05, 3.63) is 70.3 Å². The third kappa shape index (κ3) is 4.60. The van der Waals surface area contributed by atoms with Crippen molar-refractivity contribution in [1.82, 2.24) is 0 Å². The van der Waals surface area contributed by atoms with E-state index in [1.165, 1.54) is 27.8 Å². The van der Waals surface area contributed by atoms with Crippen molar-refractivity contribution in [2.75, 3.05) is 13.7 Å². The van der Waals surface area contributed by atoms with Gasteiger partial charge in [0.15, 0.2) is 0 Å². The SMILES string of the molecule is CCc1ccc(Cc2ccc(C)c([C@@H]3C[C@H](CO)[C@@H](O)[C@H](OC)C3)c2)cc1. The number of hydrogen-bond acceptors (Lipinski definition) is 3. The number of hydrogen-bond donors (Lipinski definition) is 2. The van der Waals surface area contributed by atoms with Crippen LogP contribution in [0.3, 0.4) is 0 Å². The van der Waals surface area contributed by atoms with Gasteiger partial charge in [-0.2, -0.15) is 0 Å². The summed E-state index contributed by atoms with van der Waals surface area (Å²) >= 11 is 0. The fraction of sp³-hybridized carbons (Fsp3) is 0.500. The summed E-state index contributed by atoms with van der Waals surface area (Å²) in [6, 6.07) is 15.6. The zero-order chi connectivity index (χ0) is 19.4. The second-order valence-corrected chi connectivity index (χ2v) is 7.91. The molecular formula is C24H32O3. The van der Waals surface area contributed by atoms with E-state index in [1.54, 1.807) is 7.11 Å². The van der Waals surface area contributed by atoms with Gasteiger partial charge >= 0.3 is 0 Å². The van der Waals surface area contributed by atoms with Gasteiger partial charge in [0, 0.05) is 19.6 Å². The standard InChI is InChI=1S/C24H32O3/c1-4-17-7-9-18(10-8-17)11-19-6-5-16(2)22(12-19)20-13-21(15-25)24(26)23(14-20)27-3/h5-10,12,20-21,23-26H,4,11,13-15H2,1-3H3/t20-,21-,23-,24-/m1/s1. The van der Waals surface area contributed by atoms with Crippen LogP contribution < -0.4 is 0 Å². The average Bonchev–Trinajstić information content (AvgIpc) is 2.70. The number of aryl methyl sites for hydroxylation is 2. The Bertz CT molecular complexity index is 724. The highest BCUT2D eigenvalue weighted by atomic mass is 16.5. The van der Waals surface area contributed by atoms with Crippen molar-refractivity contribution in [2.24, 2.45) is 5.92 Å². The van der Waals surface area contributed by atoms with E-state index in [1.807, 2.05) is 0 Å². The first-order valence-corrected chi connectivity index (χ1v) is 10.0. The number of benzene rings is 2. The summed E-state index contributed by atoms with van der Waals surface area (Å²) in [4.78, 5) is 0. The van der Waals surface area contributed by atoms with E-state index in [-0.39, 0.29) is 18.6 Å². The summed E-state index contributed by atoms with van der Waals surface area (Å²) in [5, 5.41) is 20.1. The first kappa shape index (κ1) is 20.1. The lowest BCUT2D eigenvalue weighted by Gasteiger charge is -2.38. The van der Waals surface area contributed by atoms with Crippen LogP contribution in [-0.4, -0.2) is 36.1 Å². The van der Waals surface area contributed by atoms with Gasteiger partial charge in [-0.1, -0.05) is 49.4 Å². The molecule has 0 heterocycles. The molecule has 1 saturated carbocycles. The van der Waals surface area contributed by atoms with Crippen LogP contribution in [0.5, 0.6) is 0 Å². The third-order valence-electron chi connectivity index (χ3n) is 6.13. The van der Waals surface area contributed by atoms with Crippen molar-refractivity contribution >= 4 is 0 Å². The topological polar surface area (TPSA) is 49.7 Å². The molecule has 0 aliphatic heterocycles. The average molecular weight is 369 g/mol. The molecular weight excluding hydrogens is 336 g/mol. The molecule has 2 N–H and O–H groups in total. The smallest absolute Gasteiger partial charge is 0.0852 e. The summed E-state index contributed by atoms with van der Waals surface area (Å²) in [5.41, 5.74) is 6.59. The lowest BCUT2D eigenvalue weighted by atomic mass is 9.74. The molecule has 4 atom stereocenters. The minimum atomic E-state index is -0.586. The number of aliphatic hydroxyl groups is 2. The van der Waals surface area contributed by atoms with Gasteiger partial charge in [0.05, 0.1) is 12.2 Å². The summed E-state index contributed by atoms with van der Waals surface area (Å²) in [6.45, 7) is 4.32. The molecule has 0 radical (unpaired) electrons. The molecule has 27 heavy (non-hydrogen) atoms. The highest BCUT2D eigenvalue weighted by molar-refractivity contribution is 5.37. The number of methoxy groups -OCH3 is 1. The molecule has 2 aromatic rings. The highest BCUT2D eigenvalue weighted by Gasteiger charge is 2.37. The molecule has 0 aromatic heterocycles. The molecule has 1 aliphatic carbocycles. The van der Waals surface area contributed by atoms with Gasteiger partial charge in [-0.05, 0) is 66.3 Å². The Labute approximate surface area is 163 Å². The molecule has 0 saturated heterocycles. The van der Waals surface area contributed by atoms with E-state index in [9.17, 15) is 10.2 Å². The van der Waals surface area contributed by atoms with Crippen LogP contribution in [0.15, 0.2) is 42.5 Å². The molecule has 146 valence electrons. The van der Waals surface area contributed by atoms with Crippen molar-refractivity contribution < 1.29 is 14.9 Å². The van der Waals surface area contributed by atoms with Gasteiger partial charge < -0.3 is 14.9 Å². The molecule has 1 fully saturated rings. The monoisotopic (exact) mass is 368 g/mol. The highest BCUT2D eigenvalue weighted by Crippen LogP contribution is 2.39. The molecule has 3 rings (SSSR count). The van der Waals surface area contributed by atoms with Crippen LogP contribution in [0, 0.1) is 12.8 Å². The lowest BCUT2D eigenvalue weighted by molar-refractivity contribution is -0.0830. The van der Waals surface area contributed by atoms with Crippen LogP contribution >= 0.6 is 0 Å². The Morgan fingerprint density at radius 2 is 1.67 bits per heavy atom. The van der Waals surface area contributed by atoms with Crippen LogP contribution in [0.2, 0.25) is 0 Å². The number of ether oxygens (including phenoxy) is 1. The fourth-order valence-electron chi connectivity index (χ4n) is 4.36. The Balaban J connectivity index is 1.81. The minimum Gasteiger partial charge on any atom is -0.396 e. The Hall–Kier alpha value is -1.68. The van der Waals surface area contributed by atoms with Gasteiger partial charge in [0.25, 0.3) is 0 Å². The first-order valence-electron chi connectivity index (χ1n) is 10.0. The van der Waals surface area contributed by atoms with Crippen molar-refractivity contribution in [3.63, 3.8) is 0 Å². The minimum absolute atomic E-state index is 0.0000419. The van der Waals surface area contributed by atoms with E-state index in [2.05, 4.69) is 56.3 Å². The van der Waals surface area contributed by atoms with Gasteiger partial charge in [-0.25, -0.2) is 0 Å². The van der Waals surface area contributed by atoms with Crippen molar-refractivity contribution in [2.45, 2.75) is 57.7 Å². The van der Waals surface area contributed by atoms with E-state index >= 15 is 0 Å². The molecule has 0 spiro atoms. The van der Waals surface area contributed by atoms with Gasteiger partial charge in [0.1, 0.15) is 0 Å². The third-order valence-corrected chi connectivity index (χ3v) is 6.13. The summed E-state index contributed by atoms with van der Waals surface area (Å²) < 4.78 is 5.51.